The largest absolute Gasteiger partial charge is 0.489 e. The summed E-state index contributed by atoms with van der Waals surface area (Å²) in [5.74, 6) is 0.128. The lowest BCUT2D eigenvalue weighted by atomic mass is 10.1. The molecule has 4 nitrogen and oxygen atoms in total. The van der Waals surface area contributed by atoms with E-state index in [1.54, 1.807) is 36.4 Å². The molecule has 0 spiro atoms. The number of carbonyl (C=O) groups excluding carboxylic acids is 1. The molecule has 0 saturated carbocycles. The number of ether oxygens (including phenoxy) is 2. The highest BCUT2D eigenvalue weighted by Gasteiger charge is 2.32. The predicted molar refractivity (Wildman–Crippen MR) is 97.5 cm³/mol. The molecule has 0 aliphatic heterocycles. The summed E-state index contributed by atoms with van der Waals surface area (Å²) < 4.78 is 49.7. The summed E-state index contributed by atoms with van der Waals surface area (Å²) >= 11 is 3.31. The first kappa shape index (κ1) is 19.3. The van der Waals surface area contributed by atoms with Crippen molar-refractivity contribution in [1.29, 1.82) is 0 Å². The average molecular weight is 442 g/mol. The van der Waals surface area contributed by atoms with Gasteiger partial charge in [0.1, 0.15) is 18.1 Å². The number of alkyl halides is 3. The number of benzene rings is 2. The lowest BCUT2D eigenvalue weighted by Gasteiger charge is -2.11. The van der Waals surface area contributed by atoms with Crippen LogP contribution in [0.2, 0.25) is 0 Å². The molecule has 1 N–H and O–H groups in total. The second kappa shape index (κ2) is 7.64. The van der Waals surface area contributed by atoms with Crippen molar-refractivity contribution in [3.8, 4) is 5.75 Å². The Kier molecular flexibility index (Phi) is 5.46. The van der Waals surface area contributed by atoms with Crippen LogP contribution in [0.3, 0.4) is 0 Å². The highest BCUT2D eigenvalue weighted by molar-refractivity contribution is 9.10. The maximum Gasteiger partial charge on any atom is 0.431 e. The van der Waals surface area contributed by atoms with Gasteiger partial charge in [0.05, 0.1) is 13.5 Å². The van der Waals surface area contributed by atoms with Gasteiger partial charge in [-0.25, -0.2) is 0 Å². The summed E-state index contributed by atoms with van der Waals surface area (Å²) in [5, 5.41) is 0.442. The Hall–Kier alpha value is -2.48. The molecule has 0 bridgehead atoms. The molecule has 1 heterocycles. The zero-order valence-electron chi connectivity index (χ0n) is 14.2. The average Bonchev–Trinajstić information content (AvgIpc) is 3.06. The van der Waals surface area contributed by atoms with Crippen LogP contribution in [0.25, 0.3) is 10.9 Å². The number of para-hydroxylation sites is 1. The van der Waals surface area contributed by atoms with E-state index in [0.717, 1.165) is 6.07 Å². The SMILES string of the molecule is COC(=O)Cc1ccccc1OCc1cc(Br)c2cc(C(F)(F)F)[nH]c2c1. The van der Waals surface area contributed by atoms with Crippen molar-refractivity contribution < 1.29 is 27.4 Å². The maximum atomic E-state index is 12.9. The molecule has 0 saturated heterocycles. The van der Waals surface area contributed by atoms with E-state index in [4.69, 9.17) is 4.74 Å². The molecule has 0 unspecified atom stereocenters. The van der Waals surface area contributed by atoms with E-state index in [1.165, 1.54) is 7.11 Å². The second-order valence-electron chi connectivity index (χ2n) is 5.87. The van der Waals surface area contributed by atoms with E-state index in [2.05, 4.69) is 25.7 Å². The van der Waals surface area contributed by atoms with Crippen LogP contribution in [0, 0.1) is 0 Å². The third kappa shape index (κ3) is 4.44. The van der Waals surface area contributed by atoms with Crippen molar-refractivity contribution in [3.63, 3.8) is 0 Å². The molecule has 27 heavy (non-hydrogen) atoms. The van der Waals surface area contributed by atoms with Crippen LogP contribution in [0.5, 0.6) is 5.75 Å². The smallest absolute Gasteiger partial charge is 0.431 e. The molecule has 0 aliphatic rings. The Labute approximate surface area is 161 Å². The van der Waals surface area contributed by atoms with Gasteiger partial charge >= 0.3 is 12.1 Å². The Bertz CT molecular complexity index is 982. The Morgan fingerprint density at radius 3 is 2.63 bits per heavy atom. The van der Waals surface area contributed by atoms with E-state index in [-0.39, 0.29) is 19.0 Å². The Morgan fingerprint density at radius 1 is 1.19 bits per heavy atom. The third-order valence-corrected chi connectivity index (χ3v) is 4.64. The standard InChI is InChI=1S/C19H15BrF3NO3/c1-26-18(25)8-12-4-2-3-5-16(12)27-10-11-6-14(20)13-9-17(19(21,22)23)24-15(13)7-11/h2-7,9,24H,8,10H2,1H3. The fourth-order valence-electron chi connectivity index (χ4n) is 2.67. The topological polar surface area (TPSA) is 51.3 Å². The predicted octanol–water partition coefficient (Wildman–Crippen LogP) is 5.24. The molecule has 3 aromatic rings. The van der Waals surface area contributed by atoms with Gasteiger partial charge in [-0.1, -0.05) is 34.1 Å². The van der Waals surface area contributed by atoms with Crippen LogP contribution in [-0.4, -0.2) is 18.1 Å². The molecule has 142 valence electrons. The number of nitrogens with one attached hydrogen (secondary N) is 1. The number of hydrogen-bond acceptors (Lipinski definition) is 3. The van der Waals surface area contributed by atoms with Crippen LogP contribution < -0.4 is 4.74 Å². The molecule has 0 aliphatic carbocycles. The number of fused-ring (bicyclic) bond motifs is 1. The molecule has 0 atom stereocenters. The van der Waals surface area contributed by atoms with E-state index in [0.29, 0.717) is 32.3 Å². The number of aromatic nitrogens is 1. The van der Waals surface area contributed by atoms with Crippen LogP contribution in [0.15, 0.2) is 46.9 Å². The van der Waals surface area contributed by atoms with Crippen molar-refractivity contribution in [2.75, 3.05) is 7.11 Å². The summed E-state index contributed by atoms with van der Waals surface area (Å²) in [5.41, 5.74) is 0.902. The summed E-state index contributed by atoms with van der Waals surface area (Å²) in [6.45, 7) is 0.132. The number of hydrogen-bond donors (Lipinski definition) is 1. The van der Waals surface area contributed by atoms with Crippen molar-refractivity contribution in [2.24, 2.45) is 0 Å². The number of esters is 1. The Morgan fingerprint density at radius 2 is 1.93 bits per heavy atom. The van der Waals surface area contributed by atoms with Crippen LogP contribution in [0.4, 0.5) is 13.2 Å². The fraction of sp³-hybridized carbons (Fsp3) is 0.211. The first-order chi connectivity index (χ1) is 12.8. The van der Waals surface area contributed by atoms with Gasteiger partial charge in [0.25, 0.3) is 0 Å². The monoisotopic (exact) mass is 441 g/mol. The highest BCUT2D eigenvalue weighted by Crippen LogP contribution is 2.34. The number of H-pyrrole nitrogens is 1. The minimum absolute atomic E-state index is 0.0704. The molecule has 8 heteroatoms. The van der Waals surface area contributed by atoms with Crippen LogP contribution >= 0.6 is 15.9 Å². The number of halogens is 4. The van der Waals surface area contributed by atoms with Gasteiger partial charge in [0.2, 0.25) is 0 Å². The molecule has 0 fully saturated rings. The van der Waals surface area contributed by atoms with Gasteiger partial charge in [0, 0.05) is 20.9 Å². The zero-order valence-corrected chi connectivity index (χ0v) is 15.8. The van der Waals surface area contributed by atoms with Crippen LogP contribution in [-0.2, 0) is 28.7 Å². The summed E-state index contributed by atoms with van der Waals surface area (Å²) in [6.07, 6.45) is -4.37. The number of aromatic amines is 1. The molecule has 1 aromatic heterocycles. The molecule has 0 radical (unpaired) electrons. The van der Waals surface area contributed by atoms with Gasteiger partial charge in [-0.3, -0.25) is 4.79 Å². The molecule has 2 aromatic carbocycles. The van der Waals surface area contributed by atoms with Crippen molar-refractivity contribution >= 4 is 32.8 Å². The van der Waals surface area contributed by atoms with Gasteiger partial charge in [-0.05, 0) is 29.8 Å². The zero-order chi connectivity index (χ0) is 19.6. The first-order valence-corrected chi connectivity index (χ1v) is 8.73. The van der Waals surface area contributed by atoms with E-state index in [1.807, 2.05) is 0 Å². The quantitative estimate of drug-likeness (QED) is 0.550. The summed E-state index contributed by atoms with van der Waals surface area (Å²) in [7, 11) is 1.31. The molecular formula is C19H15BrF3NO3. The second-order valence-corrected chi connectivity index (χ2v) is 6.72. The first-order valence-electron chi connectivity index (χ1n) is 7.94. The normalized spacial score (nSPS) is 11.6. The lowest BCUT2D eigenvalue weighted by Crippen LogP contribution is -2.06. The van der Waals surface area contributed by atoms with Gasteiger partial charge in [-0.15, -0.1) is 0 Å². The third-order valence-electron chi connectivity index (χ3n) is 3.98. The number of methoxy groups -OCH3 is 1. The van der Waals surface area contributed by atoms with Crippen molar-refractivity contribution in [1.82, 2.24) is 4.98 Å². The molecule has 3 rings (SSSR count). The molecule has 0 amide bonds. The molecular weight excluding hydrogens is 427 g/mol. The Balaban J connectivity index is 1.83. The number of carbonyl (C=O) groups is 1. The van der Waals surface area contributed by atoms with Gasteiger partial charge in [-0.2, -0.15) is 13.2 Å². The summed E-state index contributed by atoms with van der Waals surface area (Å²) in [4.78, 5) is 13.9. The minimum Gasteiger partial charge on any atom is -0.489 e. The van der Waals surface area contributed by atoms with E-state index < -0.39 is 11.9 Å². The van der Waals surface area contributed by atoms with Gasteiger partial charge < -0.3 is 14.5 Å². The fourth-order valence-corrected chi connectivity index (χ4v) is 3.29. The van der Waals surface area contributed by atoms with Crippen molar-refractivity contribution in [3.05, 3.63) is 63.8 Å². The highest BCUT2D eigenvalue weighted by atomic mass is 79.9. The van der Waals surface area contributed by atoms with Gasteiger partial charge in [0.15, 0.2) is 0 Å². The summed E-state index contributed by atoms with van der Waals surface area (Å²) in [6, 6.07) is 11.4. The minimum atomic E-state index is -4.44. The van der Waals surface area contributed by atoms with E-state index in [9.17, 15) is 18.0 Å². The van der Waals surface area contributed by atoms with Crippen LogP contribution in [0.1, 0.15) is 16.8 Å². The number of rotatable bonds is 5. The maximum absolute atomic E-state index is 12.9. The van der Waals surface area contributed by atoms with Crippen molar-refractivity contribution in [2.45, 2.75) is 19.2 Å². The lowest BCUT2D eigenvalue weighted by molar-refractivity contribution is -0.141. The van der Waals surface area contributed by atoms with E-state index >= 15 is 0 Å².